The molecule has 1 fully saturated rings. The van der Waals surface area contributed by atoms with Gasteiger partial charge in [0, 0.05) is 18.7 Å². The first-order valence-corrected chi connectivity index (χ1v) is 7.42. The van der Waals surface area contributed by atoms with E-state index in [1.807, 2.05) is 32.2 Å². The normalized spacial score (nSPS) is 18.4. The van der Waals surface area contributed by atoms with Gasteiger partial charge in [-0.2, -0.15) is 0 Å². The predicted octanol–water partition coefficient (Wildman–Crippen LogP) is 1.83. The summed E-state index contributed by atoms with van der Waals surface area (Å²) in [5, 5.41) is 22.2. The van der Waals surface area contributed by atoms with Gasteiger partial charge in [0.05, 0.1) is 5.60 Å². The topological polar surface area (TPSA) is 82.1 Å². The molecule has 1 aliphatic carbocycles. The van der Waals surface area contributed by atoms with Crippen molar-refractivity contribution in [3.05, 3.63) is 34.9 Å². The van der Waals surface area contributed by atoms with Crippen molar-refractivity contribution in [2.45, 2.75) is 44.8 Å². The van der Waals surface area contributed by atoms with E-state index in [0.29, 0.717) is 6.54 Å². The summed E-state index contributed by atoms with van der Waals surface area (Å²) in [5.74, 6) is 0.123. The van der Waals surface area contributed by atoms with Crippen molar-refractivity contribution < 1.29 is 10.3 Å². The van der Waals surface area contributed by atoms with Gasteiger partial charge in [0.15, 0.2) is 5.84 Å². The van der Waals surface area contributed by atoms with Gasteiger partial charge in [0.25, 0.3) is 0 Å². The van der Waals surface area contributed by atoms with Gasteiger partial charge < -0.3 is 16.0 Å². The average molecular weight is 291 g/mol. The highest BCUT2D eigenvalue weighted by Gasteiger charge is 2.32. The third-order valence-corrected chi connectivity index (χ3v) is 4.28. The van der Waals surface area contributed by atoms with E-state index in [0.717, 1.165) is 43.4 Å². The van der Waals surface area contributed by atoms with Crippen LogP contribution in [0.5, 0.6) is 0 Å². The molecule has 0 aromatic heterocycles. The Hall–Kier alpha value is -1.59. The second-order valence-electron chi connectivity index (χ2n) is 6.23. The van der Waals surface area contributed by atoms with Crippen LogP contribution in [0.4, 0.5) is 0 Å². The largest absolute Gasteiger partial charge is 0.409 e. The molecule has 1 aromatic carbocycles. The van der Waals surface area contributed by atoms with Gasteiger partial charge in [-0.3, -0.25) is 4.90 Å². The molecule has 0 aliphatic heterocycles. The number of hydrogen-bond acceptors (Lipinski definition) is 4. The summed E-state index contributed by atoms with van der Waals surface area (Å²) in [7, 11) is 2.03. The first kappa shape index (κ1) is 15.8. The maximum Gasteiger partial charge on any atom is 0.170 e. The highest BCUT2D eigenvalue weighted by atomic mass is 16.4. The summed E-state index contributed by atoms with van der Waals surface area (Å²) in [6.45, 7) is 3.50. The van der Waals surface area contributed by atoms with Crippen LogP contribution in [0.3, 0.4) is 0 Å². The molecule has 0 atom stereocenters. The molecule has 0 unspecified atom stereocenters. The van der Waals surface area contributed by atoms with Crippen molar-refractivity contribution in [3.8, 4) is 0 Å². The van der Waals surface area contributed by atoms with Crippen LogP contribution >= 0.6 is 0 Å². The summed E-state index contributed by atoms with van der Waals surface area (Å²) >= 11 is 0. The summed E-state index contributed by atoms with van der Waals surface area (Å²) in [6.07, 6.45) is 4.05. The van der Waals surface area contributed by atoms with Crippen LogP contribution in [0, 0.1) is 6.92 Å². The quantitative estimate of drug-likeness (QED) is 0.334. The molecule has 0 heterocycles. The van der Waals surface area contributed by atoms with E-state index in [-0.39, 0.29) is 5.84 Å². The second kappa shape index (κ2) is 6.45. The SMILES string of the molecule is Cc1cc(/C(N)=N/O)ccc1CN(C)CC1(O)CCCC1. The number of aliphatic hydroxyl groups is 1. The molecule has 5 heteroatoms. The van der Waals surface area contributed by atoms with Gasteiger partial charge in [-0.15, -0.1) is 0 Å². The molecule has 1 aromatic rings. The molecule has 5 nitrogen and oxygen atoms in total. The summed E-state index contributed by atoms with van der Waals surface area (Å²) in [4.78, 5) is 2.16. The van der Waals surface area contributed by atoms with Crippen LogP contribution in [0.15, 0.2) is 23.4 Å². The molecule has 0 bridgehead atoms. The molecule has 1 saturated carbocycles. The Morgan fingerprint density at radius 1 is 1.38 bits per heavy atom. The minimum Gasteiger partial charge on any atom is -0.409 e. The molecule has 0 spiro atoms. The van der Waals surface area contributed by atoms with Gasteiger partial charge in [0.1, 0.15) is 0 Å². The lowest BCUT2D eigenvalue weighted by atomic mass is 10.0. The Labute approximate surface area is 126 Å². The lowest BCUT2D eigenvalue weighted by Gasteiger charge is -2.29. The monoisotopic (exact) mass is 291 g/mol. The average Bonchev–Trinajstić information content (AvgIpc) is 2.86. The molecular formula is C16H25N3O2. The minimum atomic E-state index is -0.517. The Kier molecular flexibility index (Phi) is 4.85. The highest BCUT2D eigenvalue weighted by Crippen LogP contribution is 2.30. The van der Waals surface area contributed by atoms with Crippen LogP contribution in [0.25, 0.3) is 0 Å². The van der Waals surface area contributed by atoms with Crippen molar-refractivity contribution in [1.82, 2.24) is 4.90 Å². The summed E-state index contributed by atoms with van der Waals surface area (Å²) < 4.78 is 0. The fourth-order valence-corrected chi connectivity index (χ4v) is 3.13. The summed E-state index contributed by atoms with van der Waals surface area (Å²) in [6, 6.07) is 5.77. The lowest BCUT2D eigenvalue weighted by molar-refractivity contribution is 0.0145. The molecule has 116 valence electrons. The van der Waals surface area contributed by atoms with Crippen LogP contribution < -0.4 is 5.73 Å². The molecule has 2 rings (SSSR count). The Morgan fingerprint density at radius 2 is 2.05 bits per heavy atom. The Bertz CT molecular complexity index is 522. The zero-order chi connectivity index (χ0) is 15.5. The van der Waals surface area contributed by atoms with Crippen LogP contribution in [-0.4, -0.2) is 40.2 Å². The van der Waals surface area contributed by atoms with E-state index in [9.17, 15) is 5.11 Å². The molecule has 0 radical (unpaired) electrons. The van der Waals surface area contributed by atoms with E-state index >= 15 is 0 Å². The number of hydrogen-bond donors (Lipinski definition) is 3. The number of amidine groups is 1. The molecule has 0 amide bonds. The van der Waals surface area contributed by atoms with Crippen molar-refractivity contribution in [1.29, 1.82) is 0 Å². The molecule has 21 heavy (non-hydrogen) atoms. The number of benzene rings is 1. The van der Waals surface area contributed by atoms with Crippen molar-refractivity contribution in [2.24, 2.45) is 10.9 Å². The van der Waals surface area contributed by atoms with Crippen molar-refractivity contribution in [3.63, 3.8) is 0 Å². The van der Waals surface area contributed by atoms with Crippen molar-refractivity contribution >= 4 is 5.84 Å². The first-order chi connectivity index (χ1) is 9.93. The molecule has 1 aliphatic rings. The molecule has 0 saturated heterocycles. The zero-order valence-electron chi connectivity index (χ0n) is 12.8. The first-order valence-electron chi connectivity index (χ1n) is 7.42. The molecule has 4 N–H and O–H groups in total. The zero-order valence-corrected chi connectivity index (χ0v) is 12.8. The smallest absolute Gasteiger partial charge is 0.170 e. The Balaban J connectivity index is 2.02. The number of rotatable bonds is 5. The van der Waals surface area contributed by atoms with Crippen molar-refractivity contribution in [2.75, 3.05) is 13.6 Å². The van der Waals surface area contributed by atoms with E-state index in [1.165, 1.54) is 5.56 Å². The third kappa shape index (κ3) is 3.95. The number of likely N-dealkylation sites (N-methyl/N-ethyl adjacent to an activating group) is 1. The van der Waals surface area contributed by atoms with E-state index in [2.05, 4.69) is 10.1 Å². The highest BCUT2D eigenvalue weighted by molar-refractivity contribution is 5.97. The van der Waals surface area contributed by atoms with Gasteiger partial charge in [-0.05, 0) is 44.0 Å². The van der Waals surface area contributed by atoms with Crippen LogP contribution in [0.2, 0.25) is 0 Å². The summed E-state index contributed by atoms with van der Waals surface area (Å²) in [5.41, 5.74) is 8.09. The number of nitrogens with zero attached hydrogens (tertiary/aromatic N) is 2. The maximum atomic E-state index is 10.5. The predicted molar refractivity (Wildman–Crippen MR) is 83.4 cm³/mol. The van der Waals surface area contributed by atoms with Crippen LogP contribution in [-0.2, 0) is 6.54 Å². The molecular weight excluding hydrogens is 266 g/mol. The Morgan fingerprint density at radius 3 is 2.62 bits per heavy atom. The minimum absolute atomic E-state index is 0.123. The van der Waals surface area contributed by atoms with Gasteiger partial charge in [-0.25, -0.2) is 0 Å². The van der Waals surface area contributed by atoms with E-state index < -0.39 is 5.60 Å². The fraction of sp³-hybridized carbons (Fsp3) is 0.562. The van der Waals surface area contributed by atoms with Crippen LogP contribution in [0.1, 0.15) is 42.4 Å². The van der Waals surface area contributed by atoms with E-state index in [4.69, 9.17) is 10.9 Å². The lowest BCUT2D eigenvalue weighted by Crippen LogP contribution is -2.38. The second-order valence-corrected chi connectivity index (χ2v) is 6.23. The van der Waals surface area contributed by atoms with Gasteiger partial charge >= 0.3 is 0 Å². The van der Waals surface area contributed by atoms with Gasteiger partial charge in [0.2, 0.25) is 0 Å². The number of oxime groups is 1. The third-order valence-electron chi connectivity index (χ3n) is 4.28. The number of nitrogens with two attached hydrogens (primary N) is 1. The number of aryl methyl sites for hydroxylation is 1. The maximum absolute atomic E-state index is 10.5. The fourth-order valence-electron chi connectivity index (χ4n) is 3.13. The van der Waals surface area contributed by atoms with Gasteiger partial charge in [-0.1, -0.05) is 30.1 Å². The standard InChI is InChI=1S/C16H25N3O2/c1-12-9-13(15(17)18-21)5-6-14(12)10-19(2)11-16(20)7-3-4-8-16/h5-6,9,20-21H,3-4,7-8,10-11H2,1-2H3,(H2,17,18). The van der Waals surface area contributed by atoms with E-state index in [1.54, 1.807) is 0 Å².